The molecule has 1 saturated heterocycles. The van der Waals surface area contributed by atoms with Crippen molar-refractivity contribution < 1.29 is 9.84 Å². The van der Waals surface area contributed by atoms with Crippen molar-refractivity contribution in [1.82, 2.24) is 14.5 Å². The lowest BCUT2D eigenvalue weighted by Crippen LogP contribution is -2.51. The fraction of sp³-hybridized carbons (Fsp3) is 0.786. The number of piperidine rings is 1. The molecule has 2 rings (SSSR count). The lowest BCUT2D eigenvalue weighted by atomic mass is 9.80. The highest BCUT2D eigenvalue weighted by Crippen LogP contribution is 2.30. The maximum Gasteiger partial charge on any atom is 0.0946 e. The minimum atomic E-state index is -0.554. The Morgan fingerprint density at radius 1 is 1.47 bits per heavy atom. The van der Waals surface area contributed by atoms with Crippen molar-refractivity contribution in [2.75, 3.05) is 33.4 Å². The van der Waals surface area contributed by atoms with Gasteiger partial charge in [-0.2, -0.15) is 0 Å². The molecule has 1 aliphatic heterocycles. The molecule has 0 bridgehead atoms. The third-order valence-corrected chi connectivity index (χ3v) is 4.28. The smallest absolute Gasteiger partial charge is 0.0946 e. The average Bonchev–Trinajstić information content (AvgIpc) is 2.91. The van der Waals surface area contributed by atoms with E-state index in [4.69, 9.17) is 4.74 Å². The van der Waals surface area contributed by atoms with Crippen LogP contribution in [0.4, 0.5) is 0 Å². The van der Waals surface area contributed by atoms with Crippen LogP contribution in [0.3, 0.4) is 0 Å². The lowest BCUT2D eigenvalue weighted by Gasteiger charge is -2.43. The highest BCUT2D eigenvalue weighted by atomic mass is 16.5. The molecule has 0 spiro atoms. The summed E-state index contributed by atoms with van der Waals surface area (Å²) in [4.78, 5) is 6.47. The zero-order valence-corrected chi connectivity index (χ0v) is 12.0. The van der Waals surface area contributed by atoms with Crippen molar-refractivity contribution in [1.29, 1.82) is 0 Å². The molecule has 1 aromatic rings. The van der Waals surface area contributed by atoms with Gasteiger partial charge in [0.2, 0.25) is 0 Å². The first-order chi connectivity index (χ1) is 9.14. The zero-order chi connectivity index (χ0) is 13.7. The van der Waals surface area contributed by atoms with Gasteiger partial charge in [0.15, 0.2) is 0 Å². The average molecular weight is 267 g/mol. The first-order valence-corrected chi connectivity index (χ1v) is 7.03. The van der Waals surface area contributed by atoms with Crippen molar-refractivity contribution in [2.45, 2.75) is 31.9 Å². The number of nitrogens with zero attached hydrogens (tertiary/aromatic N) is 3. The Labute approximate surface area is 115 Å². The lowest BCUT2D eigenvalue weighted by molar-refractivity contribution is -0.0815. The minimum absolute atomic E-state index is 0.291. The highest BCUT2D eigenvalue weighted by molar-refractivity contribution is 4.91. The molecule has 19 heavy (non-hydrogen) atoms. The second-order valence-corrected chi connectivity index (χ2v) is 5.60. The summed E-state index contributed by atoms with van der Waals surface area (Å²) in [6.07, 6.45) is 7.22. The highest BCUT2D eigenvalue weighted by Gasteiger charge is 2.38. The monoisotopic (exact) mass is 267 g/mol. The Balaban J connectivity index is 1.79. The van der Waals surface area contributed by atoms with Gasteiger partial charge in [-0.3, -0.25) is 0 Å². The third kappa shape index (κ3) is 3.78. The molecule has 0 aliphatic carbocycles. The molecule has 0 amide bonds. The molecule has 0 saturated carbocycles. The van der Waals surface area contributed by atoms with Gasteiger partial charge in [0.1, 0.15) is 0 Å². The summed E-state index contributed by atoms with van der Waals surface area (Å²) in [6.45, 7) is 6.66. The van der Waals surface area contributed by atoms with Crippen molar-refractivity contribution >= 4 is 0 Å². The molecule has 0 radical (unpaired) electrons. The second-order valence-electron chi connectivity index (χ2n) is 5.60. The Hall–Kier alpha value is -0.910. The number of hydrogen-bond acceptors (Lipinski definition) is 4. The van der Waals surface area contributed by atoms with Crippen molar-refractivity contribution in [3.63, 3.8) is 0 Å². The first-order valence-electron chi connectivity index (χ1n) is 7.03. The van der Waals surface area contributed by atoms with Gasteiger partial charge in [-0.1, -0.05) is 6.92 Å². The molecular weight excluding hydrogens is 242 g/mol. The molecule has 2 atom stereocenters. The van der Waals surface area contributed by atoms with E-state index >= 15 is 0 Å². The van der Waals surface area contributed by atoms with E-state index in [1.54, 1.807) is 7.11 Å². The minimum Gasteiger partial charge on any atom is -0.389 e. The molecule has 5 nitrogen and oxygen atoms in total. The Bertz CT molecular complexity index is 369. The summed E-state index contributed by atoms with van der Waals surface area (Å²) >= 11 is 0. The van der Waals surface area contributed by atoms with E-state index in [9.17, 15) is 5.11 Å². The SMILES string of the molecule is COCC[C@]1(O)CCN(CCn2ccnc2)C[C@H]1C. The summed E-state index contributed by atoms with van der Waals surface area (Å²) in [7, 11) is 1.69. The fourth-order valence-corrected chi connectivity index (χ4v) is 2.78. The summed E-state index contributed by atoms with van der Waals surface area (Å²) in [5.74, 6) is 0.291. The number of hydrogen-bond donors (Lipinski definition) is 1. The van der Waals surface area contributed by atoms with E-state index in [2.05, 4.69) is 21.4 Å². The van der Waals surface area contributed by atoms with Crippen molar-refractivity contribution in [2.24, 2.45) is 5.92 Å². The number of imidazole rings is 1. The van der Waals surface area contributed by atoms with Crippen LogP contribution in [-0.4, -0.2) is 58.5 Å². The van der Waals surface area contributed by atoms with Gasteiger partial charge in [-0.25, -0.2) is 4.98 Å². The molecule has 1 aromatic heterocycles. The number of rotatable bonds is 6. The molecule has 0 unspecified atom stereocenters. The first kappa shape index (κ1) is 14.5. The number of aliphatic hydroxyl groups is 1. The molecular formula is C14H25N3O2. The zero-order valence-electron chi connectivity index (χ0n) is 12.0. The van der Waals surface area contributed by atoms with Crippen molar-refractivity contribution in [3.8, 4) is 0 Å². The number of ether oxygens (including phenoxy) is 1. The summed E-state index contributed by atoms with van der Waals surface area (Å²) in [6, 6.07) is 0. The molecule has 5 heteroatoms. The molecule has 2 heterocycles. The molecule has 0 aromatic carbocycles. The van der Waals surface area contributed by atoms with E-state index in [0.29, 0.717) is 12.5 Å². The topological polar surface area (TPSA) is 50.5 Å². The maximum atomic E-state index is 10.6. The van der Waals surface area contributed by atoms with Crippen LogP contribution in [0.25, 0.3) is 0 Å². The predicted octanol–water partition coefficient (Wildman–Crippen LogP) is 0.992. The van der Waals surface area contributed by atoms with E-state index < -0.39 is 5.60 Å². The van der Waals surface area contributed by atoms with E-state index in [0.717, 1.165) is 39.0 Å². The van der Waals surface area contributed by atoms with Crippen LogP contribution in [0.1, 0.15) is 19.8 Å². The van der Waals surface area contributed by atoms with Crippen LogP contribution in [-0.2, 0) is 11.3 Å². The van der Waals surface area contributed by atoms with Gasteiger partial charge in [0.05, 0.1) is 11.9 Å². The number of methoxy groups -OCH3 is 1. The molecule has 1 fully saturated rings. The Morgan fingerprint density at radius 3 is 2.95 bits per heavy atom. The van der Waals surface area contributed by atoms with Crippen LogP contribution in [0.2, 0.25) is 0 Å². The standard InChI is InChI=1S/C14H25N3O2/c1-13-11-16(8-9-17-7-5-15-12-17)6-3-14(13,18)4-10-19-2/h5,7,12-13,18H,3-4,6,8-11H2,1-2H3/t13-,14-/m1/s1. The van der Waals surface area contributed by atoms with E-state index in [-0.39, 0.29) is 0 Å². The maximum absolute atomic E-state index is 10.6. The quantitative estimate of drug-likeness (QED) is 0.835. The van der Waals surface area contributed by atoms with Crippen LogP contribution in [0.5, 0.6) is 0 Å². The van der Waals surface area contributed by atoms with E-state index in [1.807, 2.05) is 18.7 Å². The van der Waals surface area contributed by atoms with Crippen LogP contribution < -0.4 is 0 Å². The summed E-state index contributed by atoms with van der Waals surface area (Å²) < 4.78 is 7.19. The Kier molecular flexibility index (Phi) is 4.96. The Morgan fingerprint density at radius 2 is 2.32 bits per heavy atom. The number of aromatic nitrogens is 2. The van der Waals surface area contributed by atoms with Crippen molar-refractivity contribution in [3.05, 3.63) is 18.7 Å². The summed E-state index contributed by atoms with van der Waals surface area (Å²) in [5, 5.41) is 10.6. The van der Waals surface area contributed by atoms with E-state index in [1.165, 1.54) is 0 Å². The van der Waals surface area contributed by atoms with Crippen LogP contribution in [0, 0.1) is 5.92 Å². The van der Waals surface area contributed by atoms with Gasteiger partial charge in [-0.05, 0) is 18.8 Å². The second kappa shape index (κ2) is 6.50. The van der Waals surface area contributed by atoms with Gasteiger partial charge in [0, 0.05) is 52.3 Å². The fourth-order valence-electron chi connectivity index (χ4n) is 2.78. The van der Waals surface area contributed by atoms with Gasteiger partial charge in [0.25, 0.3) is 0 Å². The summed E-state index contributed by atoms with van der Waals surface area (Å²) in [5.41, 5.74) is -0.554. The molecule has 1 aliphatic rings. The molecule has 108 valence electrons. The molecule has 1 N–H and O–H groups in total. The van der Waals surface area contributed by atoms with Gasteiger partial charge < -0.3 is 19.3 Å². The van der Waals surface area contributed by atoms with Gasteiger partial charge >= 0.3 is 0 Å². The van der Waals surface area contributed by atoms with Crippen LogP contribution >= 0.6 is 0 Å². The number of likely N-dealkylation sites (tertiary alicyclic amines) is 1. The largest absolute Gasteiger partial charge is 0.389 e. The third-order valence-electron chi connectivity index (χ3n) is 4.28. The van der Waals surface area contributed by atoms with Crippen LogP contribution in [0.15, 0.2) is 18.7 Å². The normalized spacial score (nSPS) is 28.7. The van der Waals surface area contributed by atoms with Gasteiger partial charge in [-0.15, -0.1) is 0 Å². The predicted molar refractivity (Wildman–Crippen MR) is 73.9 cm³/mol.